The van der Waals surface area contributed by atoms with Crippen LogP contribution in [0.25, 0.3) is 0 Å². The second-order valence-electron chi connectivity index (χ2n) is 9.46. The lowest BCUT2D eigenvalue weighted by atomic mass is 9.82. The molecule has 1 aliphatic carbocycles. The van der Waals surface area contributed by atoms with E-state index < -0.39 is 10.0 Å². The predicted molar refractivity (Wildman–Crippen MR) is 135 cm³/mol. The molecule has 2 atom stereocenters. The van der Waals surface area contributed by atoms with Gasteiger partial charge in [-0.25, -0.2) is 8.42 Å². The molecule has 0 aromatic heterocycles. The molecule has 2 N–H and O–H groups in total. The lowest BCUT2D eigenvalue weighted by molar-refractivity contribution is 0.299. The molecule has 0 spiro atoms. The third-order valence-corrected chi connectivity index (χ3v) is 8.43. The number of nitrogens with zero attached hydrogens (tertiary/aromatic N) is 1. The summed E-state index contributed by atoms with van der Waals surface area (Å²) in [5.41, 5.74) is 6.33. The SMILES string of the molecule is CCCS(=O)(=O)NC1Cc2ccc(CCN(C)C[C@@H]3CCCc4c(OC)cccc43)cc2N1. The Kier molecular flexibility index (Phi) is 7.62. The lowest BCUT2D eigenvalue weighted by Crippen LogP contribution is -2.40. The summed E-state index contributed by atoms with van der Waals surface area (Å²) in [6.07, 6.45) is 5.56. The van der Waals surface area contributed by atoms with Crippen LogP contribution in [0.4, 0.5) is 5.69 Å². The van der Waals surface area contributed by atoms with Gasteiger partial charge in [-0.1, -0.05) is 31.2 Å². The van der Waals surface area contributed by atoms with E-state index in [9.17, 15) is 8.42 Å². The standard InChI is InChI=1S/C26H37N3O3S/c1-4-15-33(30,31)28-26-17-20-12-11-19(16-24(20)27-26)13-14-29(2)18-21-7-5-9-23-22(21)8-6-10-25(23)32-3/h6,8,10-12,16,21,26-28H,4-5,7,9,13-15,17-18H2,1-3H3/t21-,26?/m0/s1. The Bertz CT molecular complexity index is 1070. The average Bonchev–Trinajstić information content (AvgIpc) is 3.18. The van der Waals surface area contributed by atoms with Gasteiger partial charge in [0.15, 0.2) is 0 Å². The Labute approximate surface area is 198 Å². The van der Waals surface area contributed by atoms with Crippen molar-refractivity contribution in [1.29, 1.82) is 0 Å². The highest BCUT2D eigenvalue weighted by atomic mass is 32.2. The number of fused-ring (bicyclic) bond motifs is 2. The number of rotatable bonds is 10. The van der Waals surface area contributed by atoms with Crippen LogP contribution in [0.5, 0.6) is 5.75 Å². The number of anilines is 1. The molecule has 0 saturated heterocycles. The zero-order valence-electron chi connectivity index (χ0n) is 20.1. The molecular weight excluding hydrogens is 434 g/mol. The molecule has 180 valence electrons. The predicted octanol–water partition coefficient (Wildman–Crippen LogP) is 3.91. The van der Waals surface area contributed by atoms with Crippen LogP contribution >= 0.6 is 0 Å². The molecule has 2 aliphatic rings. The van der Waals surface area contributed by atoms with Crippen LogP contribution in [0.1, 0.15) is 54.4 Å². The molecule has 0 fully saturated rings. The summed E-state index contributed by atoms with van der Waals surface area (Å²) in [5.74, 6) is 1.74. The second kappa shape index (κ2) is 10.5. The molecule has 33 heavy (non-hydrogen) atoms. The first kappa shape index (κ1) is 24.0. The number of methoxy groups -OCH3 is 1. The number of hydrogen-bond donors (Lipinski definition) is 2. The van der Waals surface area contributed by atoms with Gasteiger partial charge in [0.25, 0.3) is 0 Å². The van der Waals surface area contributed by atoms with Gasteiger partial charge in [0, 0.05) is 25.2 Å². The van der Waals surface area contributed by atoms with Crippen LogP contribution in [-0.4, -0.2) is 52.5 Å². The monoisotopic (exact) mass is 471 g/mol. The number of likely N-dealkylation sites (N-methyl/N-ethyl adjacent to an activating group) is 1. The van der Waals surface area contributed by atoms with Gasteiger partial charge in [-0.3, -0.25) is 0 Å². The average molecular weight is 472 g/mol. The number of ether oxygens (including phenoxy) is 1. The largest absolute Gasteiger partial charge is 0.496 e. The Balaban J connectivity index is 1.32. The molecule has 2 aromatic rings. The molecule has 0 bridgehead atoms. The Morgan fingerprint density at radius 3 is 2.88 bits per heavy atom. The molecule has 1 unspecified atom stereocenters. The first-order valence-electron chi connectivity index (χ1n) is 12.1. The van der Waals surface area contributed by atoms with Crippen LogP contribution in [-0.2, 0) is 29.3 Å². The molecule has 0 amide bonds. The van der Waals surface area contributed by atoms with Crippen molar-refractivity contribution in [3.8, 4) is 5.75 Å². The number of hydrogen-bond acceptors (Lipinski definition) is 5. The zero-order chi connectivity index (χ0) is 23.4. The highest BCUT2D eigenvalue weighted by molar-refractivity contribution is 7.89. The number of benzene rings is 2. The van der Waals surface area contributed by atoms with Crippen LogP contribution < -0.4 is 14.8 Å². The fourth-order valence-corrected chi connectivity index (χ4v) is 6.48. The van der Waals surface area contributed by atoms with Crippen molar-refractivity contribution in [2.75, 3.05) is 38.3 Å². The van der Waals surface area contributed by atoms with Gasteiger partial charge in [0.1, 0.15) is 5.75 Å². The lowest BCUT2D eigenvalue weighted by Gasteiger charge is -2.30. The fourth-order valence-electron chi connectivity index (χ4n) is 5.25. The molecule has 0 saturated carbocycles. The third kappa shape index (κ3) is 5.89. The van der Waals surface area contributed by atoms with Crippen LogP contribution in [0, 0.1) is 0 Å². The number of sulfonamides is 1. The molecule has 0 radical (unpaired) electrons. The van der Waals surface area contributed by atoms with Crippen molar-refractivity contribution >= 4 is 15.7 Å². The quantitative estimate of drug-likeness (QED) is 0.550. The topological polar surface area (TPSA) is 70.7 Å². The van der Waals surface area contributed by atoms with Gasteiger partial charge in [0.2, 0.25) is 10.0 Å². The van der Waals surface area contributed by atoms with E-state index in [0.29, 0.717) is 18.8 Å². The summed E-state index contributed by atoms with van der Waals surface area (Å²) in [5, 5.41) is 3.35. The summed E-state index contributed by atoms with van der Waals surface area (Å²) in [7, 11) is 0.739. The molecule has 2 aromatic carbocycles. The van der Waals surface area contributed by atoms with E-state index in [1.165, 1.54) is 35.1 Å². The summed E-state index contributed by atoms with van der Waals surface area (Å²) < 4.78 is 32.6. The first-order chi connectivity index (χ1) is 15.9. The van der Waals surface area contributed by atoms with E-state index in [4.69, 9.17) is 4.74 Å². The van der Waals surface area contributed by atoms with Gasteiger partial charge in [-0.2, -0.15) is 4.72 Å². The smallest absolute Gasteiger partial charge is 0.213 e. The maximum Gasteiger partial charge on any atom is 0.213 e. The first-order valence-corrected chi connectivity index (χ1v) is 13.8. The van der Waals surface area contributed by atoms with Crippen molar-refractivity contribution in [3.63, 3.8) is 0 Å². The van der Waals surface area contributed by atoms with Gasteiger partial charge in [-0.05, 0) is 79.5 Å². The molecule has 6 nitrogen and oxygen atoms in total. The summed E-state index contributed by atoms with van der Waals surface area (Å²) in [6.45, 7) is 3.91. The molecule has 1 heterocycles. The van der Waals surface area contributed by atoms with Gasteiger partial charge in [-0.15, -0.1) is 0 Å². The molecule has 7 heteroatoms. The fraction of sp³-hybridized carbons (Fsp3) is 0.538. The minimum absolute atomic E-state index is 0.164. The highest BCUT2D eigenvalue weighted by Crippen LogP contribution is 2.37. The molecular formula is C26H37N3O3S. The van der Waals surface area contributed by atoms with E-state index in [1.807, 2.05) is 6.92 Å². The summed E-state index contributed by atoms with van der Waals surface area (Å²) in [4.78, 5) is 2.43. The normalized spacial score (nSPS) is 19.8. The van der Waals surface area contributed by atoms with Gasteiger partial charge in [0.05, 0.1) is 19.0 Å². The maximum atomic E-state index is 12.1. The van der Waals surface area contributed by atoms with Crippen molar-refractivity contribution in [2.24, 2.45) is 0 Å². The third-order valence-electron chi connectivity index (χ3n) is 6.85. The summed E-state index contributed by atoms with van der Waals surface area (Å²) >= 11 is 0. The van der Waals surface area contributed by atoms with E-state index in [-0.39, 0.29) is 11.9 Å². The van der Waals surface area contributed by atoms with Crippen LogP contribution in [0.15, 0.2) is 36.4 Å². The molecule has 1 aliphatic heterocycles. The second-order valence-corrected chi connectivity index (χ2v) is 11.3. The minimum Gasteiger partial charge on any atom is -0.496 e. The Hall–Kier alpha value is -2.09. The van der Waals surface area contributed by atoms with Crippen molar-refractivity contribution in [2.45, 2.75) is 57.5 Å². The van der Waals surface area contributed by atoms with Crippen molar-refractivity contribution in [3.05, 3.63) is 58.7 Å². The highest BCUT2D eigenvalue weighted by Gasteiger charge is 2.25. The zero-order valence-corrected chi connectivity index (χ0v) is 20.9. The van der Waals surface area contributed by atoms with Gasteiger partial charge >= 0.3 is 0 Å². The van der Waals surface area contributed by atoms with E-state index in [1.54, 1.807) is 7.11 Å². The Morgan fingerprint density at radius 2 is 2.09 bits per heavy atom. The van der Waals surface area contributed by atoms with Crippen LogP contribution in [0.2, 0.25) is 0 Å². The van der Waals surface area contributed by atoms with Crippen LogP contribution in [0.3, 0.4) is 0 Å². The minimum atomic E-state index is -3.23. The summed E-state index contributed by atoms with van der Waals surface area (Å²) in [6, 6.07) is 13.0. The molecule has 4 rings (SSSR count). The van der Waals surface area contributed by atoms with Crippen molar-refractivity contribution < 1.29 is 13.2 Å². The van der Waals surface area contributed by atoms with Gasteiger partial charge < -0.3 is 15.0 Å². The maximum absolute atomic E-state index is 12.1. The van der Waals surface area contributed by atoms with E-state index in [0.717, 1.165) is 37.4 Å². The Morgan fingerprint density at radius 1 is 1.24 bits per heavy atom. The van der Waals surface area contributed by atoms with E-state index >= 15 is 0 Å². The number of nitrogens with one attached hydrogen (secondary N) is 2. The van der Waals surface area contributed by atoms with Crippen molar-refractivity contribution in [1.82, 2.24) is 9.62 Å². The van der Waals surface area contributed by atoms with E-state index in [2.05, 4.69) is 58.4 Å².